The molecule has 0 aliphatic heterocycles. The van der Waals surface area contributed by atoms with Crippen molar-refractivity contribution < 1.29 is 42.1 Å². The minimum atomic E-state index is -4.40. The Labute approximate surface area is 593 Å². The van der Waals surface area contributed by atoms with E-state index in [1.165, 1.54) is 199 Å². The number of likely N-dealkylation sites (N-methyl/N-ethyl adjacent to an activating group) is 1. The highest BCUT2D eigenvalue weighted by Gasteiger charge is 2.27. The minimum Gasteiger partial charge on any atom is -0.462 e. The molecule has 0 aromatic rings. The van der Waals surface area contributed by atoms with Crippen LogP contribution in [0.2, 0.25) is 0 Å². The molecule has 0 aliphatic carbocycles. The Morgan fingerprint density at radius 3 is 0.833 bits per heavy atom. The lowest BCUT2D eigenvalue weighted by molar-refractivity contribution is -0.870. The quantitative estimate of drug-likeness (QED) is 0.0211. The van der Waals surface area contributed by atoms with Crippen LogP contribution in [-0.4, -0.2) is 74.9 Å². The van der Waals surface area contributed by atoms with E-state index in [0.717, 1.165) is 116 Å². The number of quaternary nitrogens is 1. The van der Waals surface area contributed by atoms with E-state index in [1.54, 1.807) is 0 Å². The summed E-state index contributed by atoms with van der Waals surface area (Å²) in [7, 11) is 1.48. The van der Waals surface area contributed by atoms with E-state index in [2.05, 4.69) is 148 Å². The van der Waals surface area contributed by atoms with Gasteiger partial charge in [-0.3, -0.25) is 18.6 Å². The molecular formula is C86H151NO8P+. The van der Waals surface area contributed by atoms with Gasteiger partial charge in [-0.1, -0.05) is 359 Å². The van der Waals surface area contributed by atoms with Crippen molar-refractivity contribution in [2.45, 2.75) is 354 Å². The summed E-state index contributed by atoms with van der Waals surface area (Å²) in [6.45, 7) is 4.24. The largest absolute Gasteiger partial charge is 0.472 e. The molecule has 0 aromatic heterocycles. The van der Waals surface area contributed by atoms with Crippen LogP contribution in [0, 0.1) is 0 Å². The normalized spacial score (nSPS) is 13.8. The molecule has 0 bridgehead atoms. The molecule has 0 amide bonds. The molecule has 9 nitrogen and oxygen atoms in total. The fourth-order valence-electron chi connectivity index (χ4n) is 11.2. The fourth-order valence-corrected chi connectivity index (χ4v) is 11.9. The van der Waals surface area contributed by atoms with Gasteiger partial charge in [0.05, 0.1) is 27.7 Å². The molecule has 0 saturated carbocycles. The van der Waals surface area contributed by atoms with E-state index in [9.17, 15) is 19.0 Å². The summed E-state index contributed by atoms with van der Waals surface area (Å²) >= 11 is 0. The third-order valence-electron chi connectivity index (χ3n) is 17.2. The molecule has 0 heterocycles. The summed E-state index contributed by atoms with van der Waals surface area (Å²) in [5.74, 6) is -0.792. The summed E-state index contributed by atoms with van der Waals surface area (Å²) in [6, 6.07) is 0. The number of ether oxygens (including phenoxy) is 2. The Kier molecular flexibility index (Phi) is 72.3. The molecule has 0 radical (unpaired) electrons. The maximum atomic E-state index is 12.9. The summed E-state index contributed by atoms with van der Waals surface area (Å²) in [5, 5.41) is 0. The number of nitrogens with zero attached hydrogens (tertiary/aromatic N) is 1. The van der Waals surface area contributed by atoms with Crippen molar-refractivity contribution in [3.05, 3.63) is 134 Å². The van der Waals surface area contributed by atoms with Crippen molar-refractivity contribution in [3.8, 4) is 0 Å². The second-order valence-corrected chi connectivity index (χ2v) is 29.1. The fraction of sp³-hybridized carbons (Fsp3) is 0.721. The Balaban J connectivity index is 3.96. The van der Waals surface area contributed by atoms with Gasteiger partial charge in [0.15, 0.2) is 6.10 Å². The molecule has 0 spiro atoms. The summed E-state index contributed by atoms with van der Waals surface area (Å²) < 4.78 is 34.8. The molecule has 552 valence electrons. The number of unbranched alkanes of at least 4 members (excludes halogenated alkanes) is 37. The highest BCUT2D eigenvalue weighted by atomic mass is 31.2. The van der Waals surface area contributed by atoms with Crippen LogP contribution in [0.15, 0.2) is 134 Å². The van der Waals surface area contributed by atoms with Gasteiger partial charge in [0.1, 0.15) is 19.8 Å². The van der Waals surface area contributed by atoms with Gasteiger partial charge in [0, 0.05) is 12.8 Å². The number of phosphoric acid groups is 1. The number of carbonyl (C=O) groups is 2. The number of rotatable bonds is 73. The van der Waals surface area contributed by atoms with Crippen LogP contribution in [0.3, 0.4) is 0 Å². The van der Waals surface area contributed by atoms with Crippen molar-refractivity contribution >= 4 is 19.8 Å². The molecule has 96 heavy (non-hydrogen) atoms. The van der Waals surface area contributed by atoms with Crippen LogP contribution in [0.5, 0.6) is 0 Å². The molecule has 1 N–H and O–H groups in total. The zero-order valence-corrected chi connectivity index (χ0v) is 64.0. The predicted molar refractivity (Wildman–Crippen MR) is 417 cm³/mol. The van der Waals surface area contributed by atoms with Crippen LogP contribution in [0.4, 0.5) is 0 Å². The van der Waals surface area contributed by atoms with Crippen LogP contribution in [0.1, 0.15) is 348 Å². The van der Waals surface area contributed by atoms with Gasteiger partial charge in [-0.25, -0.2) is 4.57 Å². The van der Waals surface area contributed by atoms with Crippen molar-refractivity contribution in [1.29, 1.82) is 0 Å². The van der Waals surface area contributed by atoms with Gasteiger partial charge in [-0.15, -0.1) is 0 Å². The third kappa shape index (κ3) is 79.1. The second kappa shape index (κ2) is 75.4. The average Bonchev–Trinajstić information content (AvgIpc) is 1.48. The van der Waals surface area contributed by atoms with E-state index in [-0.39, 0.29) is 32.0 Å². The first kappa shape index (κ1) is 92.2. The monoisotopic (exact) mass is 1360 g/mol. The van der Waals surface area contributed by atoms with Gasteiger partial charge in [-0.05, 0) is 109 Å². The first-order chi connectivity index (χ1) is 47.0. The maximum absolute atomic E-state index is 12.9. The van der Waals surface area contributed by atoms with E-state index >= 15 is 0 Å². The number of allylic oxidation sites excluding steroid dienone is 22. The van der Waals surface area contributed by atoms with Crippen molar-refractivity contribution in [1.82, 2.24) is 0 Å². The lowest BCUT2D eigenvalue weighted by Gasteiger charge is -2.24. The van der Waals surface area contributed by atoms with Gasteiger partial charge in [0.2, 0.25) is 0 Å². The summed E-state index contributed by atoms with van der Waals surface area (Å²) in [5.41, 5.74) is 0. The second-order valence-electron chi connectivity index (χ2n) is 27.7. The van der Waals surface area contributed by atoms with Crippen molar-refractivity contribution in [2.24, 2.45) is 0 Å². The molecule has 0 aromatic carbocycles. The molecule has 2 unspecified atom stereocenters. The Hall–Kier alpha value is -3.85. The number of carbonyl (C=O) groups excluding carboxylic acids is 2. The highest BCUT2D eigenvalue weighted by Crippen LogP contribution is 2.43. The van der Waals surface area contributed by atoms with E-state index in [4.69, 9.17) is 18.5 Å². The number of hydrogen-bond acceptors (Lipinski definition) is 7. The molecule has 10 heteroatoms. The SMILES string of the molecule is CC/C=C\C/C=C\C/C=C\C/C=C\C/C=C\C/C=C\C/C=C\CCCCCCCCCCCCCC(=O)OC(COC(=O)CCCCCCCCCCCCCCCCCCCCCCCCCCCC/C=C\C/C=C\C/C=C\C/C=C\CC)COP(=O)(O)OCC[N+](C)(C)C. The van der Waals surface area contributed by atoms with Crippen LogP contribution in [0.25, 0.3) is 0 Å². The van der Waals surface area contributed by atoms with Crippen LogP contribution in [-0.2, 0) is 32.7 Å². The van der Waals surface area contributed by atoms with Gasteiger partial charge in [0.25, 0.3) is 0 Å². The van der Waals surface area contributed by atoms with Gasteiger partial charge in [-0.2, -0.15) is 0 Å². The topological polar surface area (TPSA) is 108 Å². The Bertz CT molecular complexity index is 2090. The maximum Gasteiger partial charge on any atom is 0.472 e. The van der Waals surface area contributed by atoms with Crippen molar-refractivity contribution in [3.63, 3.8) is 0 Å². The number of hydrogen-bond donors (Lipinski definition) is 1. The lowest BCUT2D eigenvalue weighted by Crippen LogP contribution is -2.37. The highest BCUT2D eigenvalue weighted by molar-refractivity contribution is 7.47. The van der Waals surface area contributed by atoms with Crippen molar-refractivity contribution in [2.75, 3.05) is 47.5 Å². The van der Waals surface area contributed by atoms with Gasteiger partial charge < -0.3 is 18.9 Å². The van der Waals surface area contributed by atoms with Crippen LogP contribution >= 0.6 is 7.82 Å². The molecular weight excluding hydrogens is 1210 g/mol. The molecule has 2 atom stereocenters. The summed E-state index contributed by atoms with van der Waals surface area (Å²) in [4.78, 5) is 36.0. The smallest absolute Gasteiger partial charge is 0.462 e. The van der Waals surface area contributed by atoms with E-state index in [1.807, 2.05) is 21.1 Å². The average molecular weight is 1360 g/mol. The zero-order valence-electron chi connectivity index (χ0n) is 63.1. The lowest BCUT2D eigenvalue weighted by atomic mass is 10.0. The van der Waals surface area contributed by atoms with E-state index < -0.39 is 26.5 Å². The minimum absolute atomic E-state index is 0.0278. The molecule has 0 aliphatic rings. The Morgan fingerprint density at radius 1 is 0.323 bits per heavy atom. The third-order valence-corrected chi connectivity index (χ3v) is 18.2. The van der Waals surface area contributed by atoms with Gasteiger partial charge >= 0.3 is 19.8 Å². The zero-order chi connectivity index (χ0) is 69.7. The Morgan fingerprint density at radius 2 is 0.562 bits per heavy atom. The first-order valence-corrected chi connectivity index (χ1v) is 41.4. The number of esters is 2. The molecule has 0 fully saturated rings. The van der Waals surface area contributed by atoms with E-state index in [0.29, 0.717) is 17.4 Å². The van der Waals surface area contributed by atoms with Crippen LogP contribution < -0.4 is 0 Å². The first-order valence-electron chi connectivity index (χ1n) is 39.9. The number of phosphoric ester groups is 1. The molecule has 0 saturated heterocycles. The standard InChI is InChI=1S/C86H150NO8P/c1-6-8-10-12-14-16-18-20-22-24-26-28-30-32-34-36-38-40-41-42-43-44-45-47-48-50-52-54-56-58-60-62-64-66-68-70-72-74-76-78-85(88)92-82-84(83-94-96(90,91)93-81-80-87(3,4)5)95-86(89)79-77-75-73-71-69-67-65-63-61-59-57-55-53-51-49-46-39-37-35-33-31-29-27-25-23-21-19-17-15-13-11-9-7-2/h8-11,14-17,20-23,26-29,33,35,39,46,51,53,84H,6-7,12-13,18-19,24-25,30-32,34,36-38,40-45,47-50,52,54-83H2,1-5H3/p+1/b10-8-,11-9-,16-14-,17-15-,22-20-,23-21-,28-26-,29-27-,35-33-,46-39-,53-51-. The predicted octanol–water partition coefficient (Wildman–Crippen LogP) is 26.7. The summed E-state index contributed by atoms with van der Waals surface area (Å²) in [6.07, 6.45) is 110. The molecule has 0 rings (SSSR count).